The zero-order chi connectivity index (χ0) is 20.0. The highest BCUT2D eigenvalue weighted by Crippen LogP contribution is 2.47. The standard InChI is InChI=1S/C25H23N3O/c1-16(2)14-28-15-27-25-22(24(28)26)21(18-9-4-3-5-10-18)20-13-12-17-8-6-7-11-19(17)23(20)29-25/h3-13,15-16,21,26H,14H2,1-2H3/t21-/m0/s1. The molecule has 0 saturated carbocycles. The number of hydrogen-bond donors (Lipinski definition) is 1. The Labute approximate surface area is 169 Å². The molecule has 1 atom stereocenters. The van der Waals surface area contributed by atoms with Gasteiger partial charge in [-0.05, 0) is 16.9 Å². The predicted octanol–water partition coefficient (Wildman–Crippen LogP) is 5.46. The van der Waals surface area contributed by atoms with E-state index in [4.69, 9.17) is 10.1 Å². The summed E-state index contributed by atoms with van der Waals surface area (Å²) >= 11 is 0. The summed E-state index contributed by atoms with van der Waals surface area (Å²) in [6.07, 6.45) is 1.74. The van der Waals surface area contributed by atoms with Gasteiger partial charge in [0.15, 0.2) is 0 Å². The monoisotopic (exact) mass is 381 g/mol. The van der Waals surface area contributed by atoms with Gasteiger partial charge in [0.25, 0.3) is 0 Å². The second-order valence-corrected chi connectivity index (χ2v) is 8.01. The van der Waals surface area contributed by atoms with Gasteiger partial charge in [0.2, 0.25) is 5.88 Å². The van der Waals surface area contributed by atoms with Crippen LogP contribution in [0, 0.1) is 11.3 Å². The molecule has 0 saturated heterocycles. The number of aromatic nitrogens is 2. The molecule has 0 aliphatic carbocycles. The van der Waals surface area contributed by atoms with E-state index in [-0.39, 0.29) is 5.92 Å². The fourth-order valence-electron chi connectivity index (χ4n) is 4.22. The van der Waals surface area contributed by atoms with Gasteiger partial charge in [-0.25, -0.2) is 4.98 Å². The van der Waals surface area contributed by atoms with E-state index in [9.17, 15) is 0 Å². The van der Waals surface area contributed by atoms with Crippen LogP contribution < -0.4 is 10.2 Å². The quantitative estimate of drug-likeness (QED) is 0.451. The maximum Gasteiger partial charge on any atom is 0.228 e. The van der Waals surface area contributed by atoms with Crippen molar-refractivity contribution in [2.45, 2.75) is 26.3 Å². The molecular formula is C25H23N3O. The molecule has 4 heteroatoms. The van der Waals surface area contributed by atoms with E-state index in [1.165, 1.54) is 0 Å². The number of hydrogen-bond acceptors (Lipinski definition) is 3. The molecule has 4 nitrogen and oxygen atoms in total. The van der Waals surface area contributed by atoms with E-state index in [0.717, 1.165) is 39.8 Å². The summed E-state index contributed by atoms with van der Waals surface area (Å²) in [7, 11) is 0. The average Bonchev–Trinajstić information content (AvgIpc) is 2.74. The highest BCUT2D eigenvalue weighted by molar-refractivity contribution is 5.91. The van der Waals surface area contributed by atoms with Gasteiger partial charge >= 0.3 is 0 Å². The minimum atomic E-state index is -0.0841. The normalized spacial score (nSPS) is 15.1. The SMILES string of the molecule is CC(C)Cn1cnc2c(c1=N)[C@@H](c1ccccc1)c1ccc3ccccc3c1O2. The lowest BCUT2D eigenvalue weighted by Crippen LogP contribution is -2.31. The number of benzene rings is 3. The van der Waals surface area contributed by atoms with Crippen molar-refractivity contribution in [2.75, 3.05) is 0 Å². The molecule has 0 bridgehead atoms. The summed E-state index contributed by atoms with van der Waals surface area (Å²) < 4.78 is 8.26. The fourth-order valence-corrected chi connectivity index (χ4v) is 4.22. The molecule has 0 radical (unpaired) electrons. The molecule has 5 rings (SSSR count). The molecule has 0 spiro atoms. The summed E-state index contributed by atoms with van der Waals surface area (Å²) in [5.74, 6) is 1.73. The van der Waals surface area contributed by atoms with Crippen LogP contribution in [0.3, 0.4) is 0 Å². The Morgan fingerprint density at radius 1 is 1.00 bits per heavy atom. The maximum absolute atomic E-state index is 8.94. The van der Waals surface area contributed by atoms with Gasteiger partial charge in [0.05, 0.1) is 5.56 Å². The van der Waals surface area contributed by atoms with Crippen LogP contribution in [0.2, 0.25) is 0 Å². The minimum absolute atomic E-state index is 0.0841. The van der Waals surface area contributed by atoms with E-state index in [1.54, 1.807) is 6.33 Å². The van der Waals surface area contributed by atoms with Gasteiger partial charge in [-0.3, -0.25) is 5.41 Å². The van der Waals surface area contributed by atoms with Crippen LogP contribution in [0.4, 0.5) is 0 Å². The van der Waals surface area contributed by atoms with Crippen LogP contribution in [0.25, 0.3) is 10.8 Å². The van der Waals surface area contributed by atoms with Crippen molar-refractivity contribution in [1.29, 1.82) is 5.41 Å². The van der Waals surface area contributed by atoms with Crippen LogP contribution in [0.1, 0.15) is 36.5 Å². The molecule has 1 aliphatic rings. The summed E-state index contributed by atoms with van der Waals surface area (Å²) in [6.45, 7) is 5.06. The van der Waals surface area contributed by atoms with Crippen LogP contribution in [0.15, 0.2) is 73.1 Å². The van der Waals surface area contributed by atoms with Crippen molar-refractivity contribution in [2.24, 2.45) is 5.92 Å². The molecule has 0 unspecified atom stereocenters. The van der Waals surface area contributed by atoms with Crippen molar-refractivity contribution < 1.29 is 4.74 Å². The molecule has 0 fully saturated rings. The summed E-state index contributed by atoms with van der Waals surface area (Å²) in [4.78, 5) is 4.64. The van der Waals surface area contributed by atoms with Gasteiger partial charge in [0.1, 0.15) is 17.6 Å². The number of ether oxygens (including phenoxy) is 1. The third-order valence-electron chi connectivity index (χ3n) is 5.49. The molecule has 4 aromatic rings. The molecule has 144 valence electrons. The van der Waals surface area contributed by atoms with E-state index in [2.05, 4.69) is 55.2 Å². The van der Waals surface area contributed by atoms with Crippen LogP contribution >= 0.6 is 0 Å². The number of fused-ring (bicyclic) bond motifs is 4. The zero-order valence-corrected chi connectivity index (χ0v) is 16.6. The predicted molar refractivity (Wildman–Crippen MR) is 114 cm³/mol. The Bertz CT molecular complexity index is 1260. The first-order valence-corrected chi connectivity index (χ1v) is 10.0. The van der Waals surface area contributed by atoms with Crippen molar-refractivity contribution in [3.8, 4) is 11.6 Å². The van der Waals surface area contributed by atoms with Gasteiger partial charge in [-0.1, -0.05) is 80.6 Å². The van der Waals surface area contributed by atoms with Gasteiger partial charge in [-0.15, -0.1) is 0 Å². The Hall–Kier alpha value is -3.40. The molecule has 1 aliphatic heterocycles. The first-order chi connectivity index (χ1) is 14.1. The largest absolute Gasteiger partial charge is 0.438 e. The fraction of sp³-hybridized carbons (Fsp3) is 0.200. The Morgan fingerprint density at radius 3 is 2.55 bits per heavy atom. The lowest BCUT2D eigenvalue weighted by molar-refractivity contribution is 0.418. The molecular weight excluding hydrogens is 358 g/mol. The third-order valence-corrected chi connectivity index (χ3v) is 5.49. The number of rotatable bonds is 3. The summed E-state index contributed by atoms with van der Waals surface area (Å²) in [5, 5.41) is 11.2. The first-order valence-electron chi connectivity index (χ1n) is 10.0. The van der Waals surface area contributed by atoms with Crippen molar-refractivity contribution in [3.63, 3.8) is 0 Å². The van der Waals surface area contributed by atoms with E-state index >= 15 is 0 Å². The molecule has 1 aromatic heterocycles. The topological polar surface area (TPSA) is 50.9 Å². The van der Waals surface area contributed by atoms with E-state index < -0.39 is 0 Å². The second kappa shape index (κ2) is 6.89. The third kappa shape index (κ3) is 2.92. The molecule has 1 N–H and O–H groups in total. The van der Waals surface area contributed by atoms with Crippen LogP contribution in [-0.2, 0) is 6.54 Å². The average molecular weight is 381 g/mol. The number of nitrogens with one attached hydrogen (secondary N) is 1. The Kier molecular flexibility index (Phi) is 4.20. The van der Waals surface area contributed by atoms with Crippen LogP contribution in [-0.4, -0.2) is 9.55 Å². The number of nitrogens with zero attached hydrogens (tertiary/aromatic N) is 2. The van der Waals surface area contributed by atoms with Crippen LogP contribution in [0.5, 0.6) is 11.6 Å². The first kappa shape index (κ1) is 17.7. The molecule has 29 heavy (non-hydrogen) atoms. The Morgan fingerprint density at radius 2 is 1.76 bits per heavy atom. The Balaban J connectivity index is 1.80. The van der Waals surface area contributed by atoms with E-state index in [1.807, 2.05) is 34.9 Å². The lowest BCUT2D eigenvalue weighted by Gasteiger charge is -2.29. The van der Waals surface area contributed by atoms with Gasteiger partial charge in [0, 0.05) is 23.4 Å². The molecule has 0 amide bonds. The summed E-state index contributed by atoms with van der Waals surface area (Å²) in [6, 6.07) is 22.9. The maximum atomic E-state index is 8.94. The second-order valence-electron chi connectivity index (χ2n) is 8.01. The summed E-state index contributed by atoms with van der Waals surface area (Å²) in [5.41, 5.74) is 3.53. The zero-order valence-electron chi connectivity index (χ0n) is 16.6. The highest BCUT2D eigenvalue weighted by atomic mass is 16.5. The van der Waals surface area contributed by atoms with E-state index in [0.29, 0.717) is 17.3 Å². The lowest BCUT2D eigenvalue weighted by atomic mass is 9.83. The van der Waals surface area contributed by atoms with Crippen molar-refractivity contribution >= 4 is 10.8 Å². The highest BCUT2D eigenvalue weighted by Gasteiger charge is 2.32. The van der Waals surface area contributed by atoms with Crippen molar-refractivity contribution in [3.05, 3.63) is 95.2 Å². The molecule has 3 aromatic carbocycles. The minimum Gasteiger partial charge on any atom is -0.438 e. The van der Waals surface area contributed by atoms with Gasteiger partial charge < -0.3 is 9.30 Å². The molecule has 2 heterocycles. The smallest absolute Gasteiger partial charge is 0.228 e. The van der Waals surface area contributed by atoms with Gasteiger partial charge in [-0.2, -0.15) is 0 Å². The van der Waals surface area contributed by atoms with Crippen molar-refractivity contribution in [1.82, 2.24) is 9.55 Å².